The highest BCUT2D eigenvalue weighted by Gasteiger charge is 2.28. The van der Waals surface area contributed by atoms with Gasteiger partial charge in [-0.3, -0.25) is 4.79 Å². The van der Waals surface area contributed by atoms with Crippen LogP contribution in [0.3, 0.4) is 0 Å². The first-order valence-corrected chi connectivity index (χ1v) is 11.9. The number of para-hydroxylation sites is 1. The summed E-state index contributed by atoms with van der Waals surface area (Å²) in [7, 11) is 1.31. The van der Waals surface area contributed by atoms with E-state index in [4.69, 9.17) is 10.5 Å². The molecule has 2 aromatic heterocycles. The van der Waals surface area contributed by atoms with Gasteiger partial charge in [0.2, 0.25) is 5.78 Å². The minimum absolute atomic E-state index is 0.0883. The first-order chi connectivity index (χ1) is 15.4. The second-order valence-electron chi connectivity index (χ2n) is 6.88. The molecule has 0 spiro atoms. The number of nitriles is 1. The number of hydrogen-bond acceptors (Lipinski definition) is 9. The molecular weight excluding hydrogens is 446 g/mol. The molecule has 1 aromatic carbocycles. The number of ether oxygens (including phenoxy) is 1. The van der Waals surface area contributed by atoms with Crippen LogP contribution < -0.4 is 11.1 Å². The number of anilines is 2. The number of nitrogens with zero attached hydrogens (tertiary/aromatic N) is 3. The highest BCUT2D eigenvalue weighted by molar-refractivity contribution is 7.98. The van der Waals surface area contributed by atoms with E-state index in [9.17, 15) is 14.9 Å². The summed E-state index contributed by atoms with van der Waals surface area (Å²) in [6.45, 7) is 1.80. The summed E-state index contributed by atoms with van der Waals surface area (Å²) in [5, 5.41) is 17.4. The maximum absolute atomic E-state index is 13.3. The van der Waals surface area contributed by atoms with Crippen LogP contribution in [-0.4, -0.2) is 46.7 Å². The number of methoxy groups -OCH3 is 1. The predicted molar refractivity (Wildman–Crippen MR) is 128 cm³/mol. The van der Waals surface area contributed by atoms with Gasteiger partial charge in [-0.25, -0.2) is 9.48 Å². The lowest BCUT2D eigenvalue weighted by Crippen LogP contribution is -2.31. The van der Waals surface area contributed by atoms with Crippen molar-refractivity contribution in [2.75, 3.05) is 30.2 Å². The van der Waals surface area contributed by atoms with Gasteiger partial charge in [0.05, 0.1) is 35.9 Å². The molecule has 1 unspecified atom stereocenters. The van der Waals surface area contributed by atoms with Crippen LogP contribution in [0.5, 0.6) is 0 Å². The molecule has 10 heteroatoms. The number of benzene rings is 1. The molecule has 2 heterocycles. The van der Waals surface area contributed by atoms with Crippen LogP contribution in [-0.2, 0) is 9.53 Å². The molecule has 0 aliphatic rings. The van der Waals surface area contributed by atoms with Crippen LogP contribution in [0.1, 0.15) is 32.9 Å². The first-order valence-electron chi connectivity index (χ1n) is 9.73. The Morgan fingerprint density at radius 2 is 2.09 bits per heavy atom. The number of ketones is 1. The summed E-state index contributed by atoms with van der Waals surface area (Å²) in [5.74, 6) is -0.0441. The van der Waals surface area contributed by atoms with Crippen LogP contribution in [0.2, 0.25) is 0 Å². The standard InChI is InChI=1S/C22H23N5O3S2/c1-13-16(12-25-27(13)14-7-5-4-6-8-14)19(28)20-18(24)15(11-23)21(32-20)26-17(9-10-31-3)22(29)30-2/h4-8,12,17,26H,9-10,24H2,1-3H3. The fourth-order valence-corrected chi connectivity index (χ4v) is 4.74. The number of nitrogen functional groups attached to an aromatic ring is 1. The van der Waals surface area contributed by atoms with E-state index in [2.05, 4.69) is 10.4 Å². The summed E-state index contributed by atoms with van der Waals surface area (Å²) in [4.78, 5) is 25.7. The van der Waals surface area contributed by atoms with Crippen molar-refractivity contribution in [2.24, 2.45) is 0 Å². The normalized spacial score (nSPS) is 11.6. The highest BCUT2D eigenvalue weighted by atomic mass is 32.2. The van der Waals surface area contributed by atoms with Gasteiger partial charge in [0, 0.05) is 0 Å². The van der Waals surface area contributed by atoms with Crippen LogP contribution in [0.4, 0.5) is 10.7 Å². The number of esters is 1. The summed E-state index contributed by atoms with van der Waals surface area (Å²) >= 11 is 2.65. The van der Waals surface area contributed by atoms with Crippen LogP contribution in [0.25, 0.3) is 5.69 Å². The summed E-state index contributed by atoms with van der Waals surface area (Å²) in [6, 6.07) is 10.9. The molecule has 166 valence electrons. The Hall–Kier alpha value is -3.29. The number of rotatable bonds is 9. The maximum atomic E-state index is 13.3. The van der Waals surface area contributed by atoms with Crippen molar-refractivity contribution in [2.45, 2.75) is 19.4 Å². The summed E-state index contributed by atoms with van der Waals surface area (Å²) in [6.07, 6.45) is 3.94. The molecule has 3 aromatic rings. The molecule has 32 heavy (non-hydrogen) atoms. The van der Waals surface area contributed by atoms with Gasteiger partial charge >= 0.3 is 5.97 Å². The molecule has 0 saturated heterocycles. The van der Waals surface area contributed by atoms with E-state index in [1.54, 1.807) is 23.4 Å². The smallest absolute Gasteiger partial charge is 0.328 e. The third-order valence-electron chi connectivity index (χ3n) is 4.92. The molecule has 0 radical (unpaired) electrons. The molecule has 3 rings (SSSR count). The largest absolute Gasteiger partial charge is 0.467 e. The molecule has 0 fully saturated rings. The molecular formula is C22H23N5O3S2. The molecule has 0 saturated carbocycles. The van der Waals surface area contributed by atoms with Gasteiger partial charge in [-0.1, -0.05) is 18.2 Å². The quantitative estimate of drug-likeness (QED) is 0.360. The Morgan fingerprint density at radius 3 is 2.72 bits per heavy atom. The Balaban J connectivity index is 1.95. The fourth-order valence-electron chi connectivity index (χ4n) is 3.19. The van der Waals surface area contributed by atoms with E-state index in [1.165, 1.54) is 13.3 Å². The van der Waals surface area contributed by atoms with Gasteiger partial charge in [0.25, 0.3) is 0 Å². The zero-order valence-corrected chi connectivity index (χ0v) is 19.5. The minimum Gasteiger partial charge on any atom is -0.467 e. The Kier molecular flexibility index (Phi) is 7.56. The molecule has 0 aliphatic heterocycles. The molecule has 0 bridgehead atoms. The second kappa shape index (κ2) is 10.3. The Morgan fingerprint density at radius 1 is 1.38 bits per heavy atom. The summed E-state index contributed by atoms with van der Waals surface area (Å²) < 4.78 is 6.55. The van der Waals surface area contributed by atoms with E-state index in [0.717, 1.165) is 22.8 Å². The van der Waals surface area contributed by atoms with Crippen molar-refractivity contribution >= 4 is 45.5 Å². The molecule has 3 N–H and O–H groups in total. The lowest BCUT2D eigenvalue weighted by molar-refractivity contribution is -0.141. The average Bonchev–Trinajstić information content (AvgIpc) is 3.35. The third-order valence-corrected chi connectivity index (χ3v) is 6.70. The van der Waals surface area contributed by atoms with Crippen molar-refractivity contribution in [3.05, 3.63) is 58.2 Å². The maximum Gasteiger partial charge on any atom is 0.328 e. The van der Waals surface area contributed by atoms with Crippen molar-refractivity contribution in [1.82, 2.24) is 9.78 Å². The average molecular weight is 470 g/mol. The number of nitrogens with two attached hydrogens (primary N) is 1. The van der Waals surface area contributed by atoms with Gasteiger partial charge in [0.1, 0.15) is 27.6 Å². The zero-order valence-electron chi connectivity index (χ0n) is 17.9. The van der Waals surface area contributed by atoms with E-state index < -0.39 is 12.0 Å². The highest BCUT2D eigenvalue weighted by Crippen LogP contribution is 2.37. The number of carbonyl (C=O) groups excluding carboxylic acids is 2. The molecule has 1 atom stereocenters. The van der Waals surface area contributed by atoms with Gasteiger partial charge in [0.15, 0.2) is 0 Å². The van der Waals surface area contributed by atoms with Gasteiger partial charge in [-0.15, -0.1) is 11.3 Å². The van der Waals surface area contributed by atoms with E-state index >= 15 is 0 Å². The van der Waals surface area contributed by atoms with Crippen LogP contribution in [0.15, 0.2) is 36.5 Å². The van der Waals surface area contributed by atoms with Crippen molar-refractivity contribution in [1.29, 1.82) is 5.26 Å². The number of thiophene rings is 1. The van der Waals surface area contributed by atoms with E-state index in [0.29, 0.717) is 22.7 Å². The second-order valence-corrected chi connectivity index (χ2v) is 8.89. The monoisotopic (exact) mass is 469 g/mol. The number of thioether (sulfide) groups is 1. The number of nitrogens with one attached hydrogen (secondary N) is 1. The lowest BCUT2D eigenvalue weighted by Gasteiger charge is -2.16. The number of carbonyl (C=O) groups is 2. The van der Waals surface area contributed by atoms with E-state index in [-0.39, 0.29) is 21.9 Å². The zero-order chi connectivity index (χ0) is 23.3. The molecule has 0 amide bonds. The van der Waals surface area contributed by atoms with Gasteiger partial charge in [-0.05, 0) is 37.5 Å². The molecule has 8 nitrogen and oxygen atoms in total. The number of hydrogen-bond donors (Lipinski definition) is 2. The third kappa shape index (κ3) is 4.64. The predicted octanol–water partition coefficient (Wildman–Crippen LogP) is 3.63. The number of aromatic nitrogens is 2. The van der Waals surface area contributed by atoms with Gasteiger partial charge < -0.3 is 15.8 Å². The van der Waals surface area contributed by atoms with Crippen LogP contribution >= 0.6 is 23.1 Å². The molecule has 0 aliphatic carbocycles. The van der Waals surface area contributed by atoms with Crippen molar-refractivity contribution in [3.8, 4) is 11.8 Å². The van der Waals surface area contributed by atoms with Crippen molar-refractivity contribution in [3.63, 3.8) is 0 Å². The Bertz CT molecular complexity index is 1160. The topological polar surface area (TPSA) is 123 Å². The van der Waals surface area contributed by atoms with E-state index in [1.807, 2.05) is 42.7 Å². The SMILES string of the molecule is COC(=O)C(CCSC)Nc1sc(C(=O)c2cnn(-c3ccccc3)c2C)c(N)c1C#N. The first kappa shape index (κ1) is 23.4. The Labute approximate surface area is 194 Å². The lowest BCUT2D eigenvalue weighted by atomic mass is 10.1. The van der Waals surface area contributed by atoms with Gasteiger partial charge in [-0.2, -0.15) is 22.1 Å². The van der Waals surface area contributed by atoms with Crippen molar-refractivity contribution < 1.29 is 14.3 Å². The summed E-state index contributed by atoms with van der Waals surface area (Å²) in [5.41, 5.74) is 8.30. The minimum atomic E-state index is -0.650. The van der Waals surface area contributed by atoms with Crippen LogP contribution in [0, 0.1) is 18.3 Å². The fraction of sp³-hybridized carbons (Fsp3) is 0.273.